The first kappa shape index (κ1) is 13.9. The Hall–Kier alpha value is -1.55. The third-order valence-electron chi connectivity index (χ3n) is 3.08. The minimum Gasteiger partial charge on any atom is -0.494 e. The van der Waals surface area contributed by atoms with Gasteiger partial charge in [-0.25, -0.2) is 4.98 Å². The first-order valence-electron chi connectivity index (χ1n) is 6.14. The number of pyridine rings is 1. The summed E-state index contributed by atoms with van der Waals surface area (Å²) >= 11 is 1.48. The van der Waals surface area contributed by atoms with E-state index in [2.05, 4.69) is 4.98 Å². The summed E-state index contributed by atoms with van der Waals surface area (Å²) in [6, 6.07) is 7.91. The number of carbonyl (C=O) groups is 1. The lowest BCUT2D eigenvalue weighted by atomic mass is 10.1. The number of ether oxygens (including phenoxy) is 1. The largest absolute Gasteiger partial charge is 0.494 e. The van der Waals surface area contributed by atoms with Gasteiger partial charge >= 0.3 is 0 Å². The van der Waals surface area contributed by atoms with E-state index in [-0.39, 0.29) is 11.0 Å². The van der Waals surface area contributed by atoms with Gasteiger partial charge in [0, 0.05) is 5.39 Å². The molecule has 1 heterocycles. The molecule has 0 aliphatic rings. The molecule has 0 aliphatic carbocycles. The zero-order chi connectivity index (χ0) is 14.0. The Bertz CT molecular complexity index is 625. The van der Waals surface area contributed by atoms with Gasteiger partial charge < -0.3 is 4.74 Å². The van der Waals surface area contributed by atoms with Crippen LogP contribution in [0.4, 0.5) is 0 Å². The van der Waals surface area contributed by atoms with Crippen LogP contribution in [0.2, 0.25) is 0 Å². The quantitative estimate of drug-likeness (QED) is 0.799. The molecule has 2 rings (SSSR count). The predicted molar refractivity (Wildman–Crippen MR) is 79.0 cm³/mol. The molecule has 0 N–H and O–H groups in total. The Morgan fingerprint density at radius 2 is 2.16 bits per heavy atom. The summed E-state index contributed by atoms with van der Waals surface area (Å²) < 4.78 is 5.35. The normalized spacial score (nSPS) is 12.4. The number of Topliss-reactive ketones (excluding diaryl/α,β-unsaturated/α-hetero) is 1. The summed E-state index contributed by atoms with van der Waals surface area (Å²) in [5.41, 5.74) is 1.99. The molecule has 3 nitrogen and oxygen atoms in total. The van der Waals surface area contributed by atoms with Gasteiger partial charge in [0.25, 0.3) is 0 Å². The monoisotopic (exact) mass is 275 g/mol. The molecule has 1 atom stereocenters. The van der Waals surface area contributed by atoms with Crippen LogP contribution in [0.3, 0.4) is 0 Å². The SMILES string of the molecule is COc1cccc2c(C)cc(SC(C)C(C)=O)nc12. The van der Waals surface area contributed by atoms with Crippen LogP contribution in [0.1, 0.15) is 19.4 Å². The number of fused-ring (bicyclic) bond motifs is 1. The van der Waals surface area contributed by atoms with Crippen LogP contribution < -0.4 is 4.74 Å². The van der Waals surface area contributed by atoms with Gasteiger partial charge in [-0.05, 0) is 38.5 Å². The third-order valence-corrected chi connectivity index (χ3v) is 4.21. The van der Waals surface area contributed by atoms with E-state index in [1.165, 1.54) is 11.8 Å². The van der Waals surface area contributed by atoms with Crippen LogP contribution in [0.5, 0.6) is 5.75 Å². The molecule has 0 saturated carbocycles. The highest BCUT2D eigenvalue weighted by Gasteiger charge is 2.13. The van der Waals surface area contributed by atoms with Gasteiger partial charge in [-0.3, -0.25) is 4.79 Å². The summed E-state index contributed by atoms with van der Waals surface area (Å²) in [5.74, 6) is 0.920. The number of para-hydroxylation sites is 1. The lowest BCUT2D eigenvalue weighted by Gasteiger charge is -2.11. The fourth-order valence-corrected chi connectivity index (χ4v) is 2.77. The molecule has 19 heavy (non-hydrogen) atoms. The lowest BCUT2D eigenvalue weighted by molar-refractivity contribution is -0.116. The summed E-state index contributed by atoms with van der Waals surface area (Å²) in [6.45, 7) is 5.55. The molecule has 0 radical (unpaired) electrons. The van der Waals surface area contributed by atoms with Gasteiger partial charge in [-0.1, -0.05) is 23.9 Å². The molecule has 100 valence electrons. The molecular formula is C15H17NO2S. The molecule has 0 amide bonds. The van der Waals surface area contributed by atoms with Crippen LogP contribution in [-0.4, -0.2) is 23.1 Å². The zero-order valence-electron chi connectivity index (χ0n) is 11.6. The zero-order valence-corrected chi connectivity index (χ0v) is 12.4. The highest BCUT2D eigenvalue weighted by Crippen LogP contribution is 2.31. The average molecular weight is 275 g/mol. The Morgan fingerprint density at radius 3 is 2.79 bits per heavy atom. The van der Waals surface area contributed by atoms with Crippen LogP contribution in [0, 0.1) is 6.92 Å². The number of carbonyl (C=O) groups excluding carboxylic acids is 1. The number of aromatic nitrogens is 1. The van der Waals surface area contributed by atoms with Crippen LogP contribution in [-0.2, 0) is 4.79 Å². The van der Waals surface area contributed by atoms with Crippen molar-refractivity contribution in [3.63, 3.8) is 0 Å². The molecular weight excluding hydrogens is 258 g/mol. The third kappa shape index (κ3) is 2.89. The average Bonchev–Trinajstić information content (AvgIpc) is 2.38. The maximum atomic E-state index is 11.3. The summed E-state index contributed by atoms with van der Waals surface area (Å²) in [7, 11) is 1.64. The van der Waals surface area contributed by atoms with Crippen molar-refractivity contribution in [2.24, 2.45) is 0 Å². The summed E-state index contributed by atoms with van der Waals surface area (Å²) in [6.07, 6.45) is 0. The maximum Gasteiger partial charge on any atom is 0.145 e. The van der Waals surface area contributed by atoms with Crippen molar-refractivity contribution in [2.45, 2.75) is 31.0 Å². The number of aryl methyl sites for hydroxylation is 1. The van der Waals surface area contributed by atoms with Gasteiger partial charge in [-0.2, -0.15) is 0 Å². The predicted octanol–water partition coefficient (Wildman–Crippen LogP) is 3.62. The van der Waals surface area contributed by atoms with Crippen molar-refractivity contribution in [1.82, 2.24) is 4.98 Å². The van der Waals surface area contributed by atoms with Gasteiger partial charge in [0.15, 0.2) is 0 Å². The Labute approximate surface area is 117 Å². The maximum absolute atomic E-state index is 11.3. The summed E-state index contributed by atoms with van der Waals surface area (Å²) in [4.78, 5) is 16.0. The number of hydrogen-bond acceptors (Lipinski definition) is 4. The van der Waals surface area contributed by atoms with E-state index in [1.54, 1.807) is 14.0 Å². The van der Waals surface area contributed by atoms with E-state index in [9.17, 15) is 4.79 Å². The number of rotatable bonds is 4. The minimum absolute atomic E-state index is 0.0842. The van der Waals surface area contributed by atoms with Crippen LogP contribution in [0.25, 0.3) is 10.9 Å². The van der Waals surface area contributed by atoms with Crippen molar-refractivity contribution in [2.75, 3.05) is 7.11 Å². The highest BCUT2D eigenvalue weighted by atomic mass is 32.2. The van der Waals surface area contributed by atoms with Gasteiger partial charge in [-0.15, -0.1) is 0 Å². The molecule has 0 aliphatic heterocycles. The summed E-state index contributed by atoms with van der Waals surface area (Å²) in [5, 5.41) is 1.86. The Kier molecular flexibility index (Phi) is 4.10. The Balaban J connectivity index is 2.50. The van der Waals surface area contributed by atoms with Crippen LogP contribution >= 0.6 is 11.8 Å². The molecule has 2 aromatic rings. The number of methoxy groups -OCH3 is 1. The first-order chi connectivity index (χ1) is 9.02. The Morgan fingerprint density at radius 1 is 1.42 bits per heavy atom. The number of nitrogens with zero attached hydrogens (tertiary/aromatic N) is 1. The second-order valence-electron chi connectivity index (χ2n) is 4.50. The van der Waals surface area contributed by atoms with Crippen molar-refractivity contribution in [1.29, 1.82) is 0 Å². The van der Waals surface area contributed by atoms with E-state index in [0.29, 0.717) is 0 Å². The molecule has 1 aromatic heterocycles. The number of ketones is 1. The first-order valence-corrected chi connectivity index (χ1v) is 7.02. The standard InChI is InChI=1S/C15H17NO2S/c1-9-8-14(19-11(3)10(2)17)16-15-12(9)6-5-7-13(15)18-4/h5-8,11H,1-4H3. The topological polar surface area (TPSA) is 39.2 Å². The van der Waals surface area contributed by atoms with Gasteiger partial charge in [0.05, 0.1) is 17.4 Å². The lowest BCUT2D eigenvalue weighted by Crippen LogP contribution is -2.08. The molecule has 0 fully saturated rings. The van der Waals surface area contributed by atoms with E-state index in [4.69, 9.17) is 4.74 Å². The molecule has 1 aromatic carbocycles. The smallest absolute Gasteiger partial charge is 0.145 e. The fourth-order valence-electron chi connectivity index (χ4n) is 1.85. The number of hydrogen-bond donors (Lipinski definition) is 0. The van der Waals surface area contributed by atoms with Gasteiger partial charge in [0.1, 0.15) is 17.0 Å². The molecule has 0 spiro atoms. The van der Waals surface area contributed by atoms with Crippen molar-refractivity contribution < 1.29 is 9.53 Å². The number of benzene rings is 1. The van der Waals surface area contributed by atoms with Crippen molar-refractivity contribution in [3.8, 4) is 5.75 Å². The second kappa shape index (κ2) is 5.61. The molecule has 1 unspecified atom stereocenters. The van der Waals surface area contributed by atoms with E-state index < -0.39 is 0 Å². The van der Waals surface area contributed by atoms with Crippen molar-refractivity contribution >= 4 is 28.4 Å². The second-order valence-corrected chi connectivity index (χ2v) is 5.87. The molecule has 4 heteroatoms. The molecule has 0 bridgehead atoms. The van der Waals surface area contributed by atoms with Crippen LogP contribution in [0.15, 0.2) is 29.3 Å². The van der Waals surface area contributed by atoms with E-state index in [1.807, 2.05) is 38.1 Å². The van der Waals surface area contributed by atoms with E-state index >= 15 is 0 Å². The minimum atomic E-state index is -0.0842. The fraction of sp³-hybridized carbons (Fsp3) is 0.333. The van der Waals surface area contributed by atoms with E-state index in [0.717, 1.165) is 27.2 Å². The highest BCUT2D eigenvalue weighted by molar-refractivity contribution is 8.00. The van der Waals surface area contributed by atoms with Gasteiger partial charge in [0.2, 0.25) is 0 Å². The number of thioether (sulfide) groups is 1. The molecule has 0 saturated heterocycles. The van der Waals surface area contributed by atoms with Crippen molar-refractivity contribution in [3.05, 3.63) is 29.8 Å².